The van der Waals surface area contributed by atoms with Gasteiger partial charge in [-0.25, -0.2) is 0 Å². The van der Waals surface area contributed by atoms with Crippen molar-refractivity contribution in [2.24, 2.45) is 0 Å². The van der Waals surface area contributed by atoms with Gasteiger partial charge < -0.3 is 14.2 Å². The molecule has 304 valence electrons. The normalized spacial score (nSPS) is 12.4. The van der Waals surface area contributed by atoms with Crippen LogP contribution in [0.5, 0.6) is 0 Å². The van der Waals surface area contributed by atoms with Crippen LogP contribution in [0.3, 0.4) is 0 Å². The van der Waals surface area contributed by atoms with E-state index in [0.717, 1.165) is 57.8 Å². The van der Waals surface area contributed by atoms with E-state index < -0.39 is 6.10 Å². The van der Waals surface area contributed by atoms with Gasteiger partial charge in [-0.3, -0.25) is 9.59 Å². The lowest BCUT2D eigenvalue weighted by Gasteiger charge is -2.18. The van der Waals surface area contributed by atoms with Crippen molar-refractivity contribution in [3.63, 3.8) is 0 Å². The molecule has 0 radical (unpaired) electrons. The quantitative estimate of drug-likeness (QED) is 0.0356. The number of allylic oxidation sites excluding steroid dienone is 6. The molecule has 0 aromatic rings. The highest BCUT2D eigenvalue weighted by molar-refractivity contribution is 5.70. The SMILES string of the molecule is CCCCC/C=C\C/C=C\CCCCCCCCCC(=O)OCC(COCCCCCCCC/C=C\CCCCCC)OC(=O)CCCCCCC. The monoisotopic (exact) mass is 731 g/mol. The van der Waals surface area contributed by atoms with Crippen molar-refractivity contribution in [3.05, 3.63) is 36.5 Å². The van der Waals surface area contributed by atoms with E-state index >= 15 is 0 Å². The number of carbonyl (C=O) groups excluding carboxylic acids is 2. The van der Waals surface area contributed by atoms with Gasteiger partial charge in [0.25, 0.3) is 0 Å². The van der Waals surface area contributed by atoms with Gasteiger partial charge in [-0.05, 0) is 77.0 Å². The van der Waals surface area contributed by atoms with Crippen LogP contribution in [0, 0.1) is 0 Å². The number of unbranched alkanes of at least 4 members (excludes halogenated alkanes) is 24. The average Bonchev–Trinajstić information content (AvgIpc) is 3.14. The molecule has 0 fully saturated rings. The molecule has 52 heavy (non-hydrogen) atoms. The van der Waals surface area contributed by atoms with Crippen molar-refractivity contribution in [2.45, 2.75) is 232 Å². The fourth-order valence-electron chi connectivity index (χ4n) is 6.24. The van der Waals surface area contributed by atoms with Gasteiger partial charge in [-0.15, -0.1) is 0 Å². The van der Waals surface area contributed by atoms with E-state index in [2.05, 4.69) is 57.2 Å². The van der Waals surface area contributed by atoms with Gasteiger partial charge in [0.2, 0.25) is 0 Å². The van der Waals surface area contributed by atoms with Crippen LogP contribution in [0.15, 0.2) is 36.5 Å². The van der Waals surface area contributed by atoms with Crippen LogP contribution >= 0.6 is 0 Å². The molecule has 0 bridgehead atoms. The molecule has 1 unspecified atom stereocenters. The molecule has 0 N–H and O–H groups in total. The second-order valence-electron chi connectivity index (χ2n) is 15.0. The lowest BCUT2D eigenvalue weighted by Crippen LogP contribution is -2.30. The number of ether oxygens (including phenoxy) is 3. The van der Waals surface area contributed by atoms with Crippen molar-refractivity contribution >= 4 is 11.9 Å². The highest BCUT2D eigenvalue weighted by Gasteiger charge is 2.17. The minimum atomic E-state index is -0.534. The number of carbonyl (C=O) groups is 2. The van der Waals surface area contributed by atoms with Gasteiger partial charge in [0.05, 0.1) is 6.61 Å². The Hall–Kier alpha value is -1.88. The maximum absolute atomic E-state index is 12.5. The minimum Gasteiger partial charge on any atom is -0.462 e. The van der Waals surface area contributed by atoms with Crippen LogP contribution in [-0.4, -0.2) is 37.9 Å². The maximum Gasteiger partial charge on any atom is 0.306 e. The first-order valence-electron chi connectivity index (χ1n) is 22.5. The zero-order valence-electron chi connectivity index (χ0n) is 34.8. The molecule has 1 atom stereocenters. The molecule has 0 saturated heterocycles. The number of hydrogen-bond acceptors (Lipinski definition) is 5. The highest BCUT2D eigenvalue weighted by atomic mass is 16.6. The Balaban J connectivity index is 4.07. The standard InChI is InChI=1S/C47H86O5/c1-4-7-10-13-15-17-19-21-23-24-25-26-28-30-32-35-37-40-46(48)51-44-45(52-47(49)41-38-34-12-9-6-3)43-50-42-39-36-33-31-29-27-22-20-18-16-14-11-8-5-2/h15,17-18,20-21,23,45H,4-14,16,19,22,24-44H2,1-3H3/b17-15-,20-18-,23-21-. The van der Waals surface area contributed by atoms with Crippen LogP contribution in [0.25, 0.3) is 0 Å². The predicted octanol–water partition coefficient (Wildman–Crippen LogP) is 14.7. The summed E-state index contributed by atoms with van der Waals surface area (Å²) >= 11 is 0. The molecule has 0 aromatic heterocycles. The van der Waals surface area contributed by atoms with E-state index in [9.17, 15) is 9.59 Å². The van der Waals surface area contributed by atoms with Gasteiger partial charge in [0.1, 0.15) is 6.61 Å². The van der Waals surface area contributed by atoms with E-state index in [-0.39, 0.29) is 25.2 Å². The average molecular weight is 731 g/mol. The van der Waals surface area contributed by atoms with Gasteiger partial charge in [0, 0.05) is 19.4 Å². The highest BCUT2D eigenvalue weighted by Crippen LogP contribution is 2.13. The van der Waals surface area contributed by atoms with Crippen molar-refractivity contribution in [1.29, 1.82) is 0 Å². The maximum atomic E-state index is 12.5. The number of hydrogen-bond donors (Lipinski definition) is 0. The van der Waals surface area contributed by atoms with Crippen LogP contribution < -0.4 is 0 Å². The lowest BCUT2D eigenvalue weighted by atomic mass is 10.1. The molecule has 5 heteroatoms. The Morgan fingerprint density at radius 1 is 0.423 bits per heavy atom. The summed E-state index contributed by atoms with van der Waals surface area (Å²) in [6.07, 6.45) is 50.2. The molecule has 0 spiro atoms. The van der Waals surface area contributed by atoms with E-state index in [4.69, 9.17) is 14.2 Å². The summed E-state index contributed by atoms with van der Waals surface area (Å²) in [5.74, 6) is -0.417. The first-order chi connectivity index (χ1) is 25.6. The van der Waals surface area contributed by atoms with Crippen LogP contribution in [0.1, 0.15) is 226 Å². The van der Waals surface area contributed by atoms with E-state index in [1.165, 1.54) is 135 Å². The Bertz CT molecular complexity index is 832. The summed E-state index contributed by atoms with van der Waals surface area (Å²) in [5.41, 5.74) is 0. The third-order valence-corrected chi connectivity index (χ3v) is 9.65. The van der Waals surface area contributed by atoms with E-state index in [1.807, 2.05) is 0 Å². The fourth-order valence-corrected chi connectivity index (χ4v) is 6.24. The Kier molecular flexibility index (Phi) is 42.0. The Labute approximate surface area is 323 Å². The summed E-state index contributed by atoms with van der Waals surface area (Å²) in [6, 6.07) is 0. The van der Waals surface area contributed by atoms with E-state index in [0.29, 0.717) is 19.4 Å². The summed E-state index contributed by atoms with van der Waals surface area (Å²) in [7, 11) is 0. The lowest BCUT2D eigenvalue weighted by molar-refractivity contribution is -0.163. The first kappa shape index (κ1) is 50.1. The summed E-state index contributed by atoms with van der Waals surface area (Å²) in [5, 5.41) is 0. The van der Waals surface area contributed by atoms with Crippen molar-refractivity contribution in [2.75, 3.05) is 19.8 Å². The van der Waals surface area contributed by atoms with Crippen molar-refractivity contribution in [1.82, 2.24) is 0 Å². The third-order valence-electron chi connectivity index (χ3n) is 9.65. The molecular formula is C47H86O5. The van der Waals surface area contributed by atoms with Crippen LogP contribution in [0.4, 0.5) is 0 Å². The van der Waals surface area contributed by atoms with Crippen molar-refractivity contribution < 1.29 is 23.8 Å². The fraction of sp³-hybridized carbons (Fsp3) is 0.830. The largest absolute Gasteiger partial charge is 0.462 e. The summed E-state index contributed by atoms with van der Waals surface area (Å²) in [4.78, 5) is 25.0. The Morgan fingerprint density at radius 3 is 1.35 bits per heavy atom. The second-order valence-corrected chi connectivity index (χ2v) is 15.0. The predicted molar refractivity (Wildman–Crippen MR) is 224 cm³/mol. The van der Waals surface area contributed by atoms with Gasteiger partial charge in [-0.1, -0.05) is 173 Å². The summed E-state index contributed by atoms with van der Waals surface area (Å²) in [6.45, 7) is 7.71. The molecule has 0 rings (SSSR count). The number of rotatable bonds is 41. The Morgan fingerprint density at radius 2 is 0.808 bits per heavy atom. The van der Waals surface area contributed by atoms with Gasteiger partial charge in [0.15, 0.2) is 6.10 Å². The molecule has 0 amide bonds. The zero-order valence-corrected chi connectivity index (χ0v) is 34.8. The smallest absolute Gasteiger partial charge is 0.306 e. The third kappa shape index (κ3) is 40.9. The molecule has 0 aliphatic rings. The van der Waals surface area contributed by atoms with E-state index in [1.54, 1.807) is 0 Å². The summed E-state index contributed by atoms with van der Waals surface area (Å²) < 4.78 is 17.2. The molecule has 0 heterocycles. The minimum absolute atomic E-state index is 0.0806. The van der Waals surface area contributed by atoms with Crippen molar-refractivity contribution in [3.8, 4) is 0 Å². The molecule has 0 aliphatic carbocycles. The molecule has 0 saturated carbocycles. The van der Waals surface area contributed by atoms with Gasteiger partial charge >= 0.3 is 11.9 Å². The van der Waals surface area contributed by atoms with Gasteiger partial charge in [-0.2, -0.15) is 0 Å². The molecular weight excluding hydrogens is 645 g/mol. The first-order valence-corrected chi connectivity index (χ1v) is 22.5. The van der Waals surface area contributed by atoms with Crippen LogP contribution in [0.2, 0.25) is 0 Å². The molecule has 0 aliphatic heterocycles. The topological polar surface area (TPSA) is 61.8 Å². The molecule has 0 aromatic carbocycles. The number of esters is 2. The molecule has 5 nitrogen and oxygen atoms in total. The van der Waals surface area contributed by atoms with Crippen LogP contribution in [-0.2, 0) is 23.8 Å². The zero-order chi connectivity index (χ0) is 37.8. The second kappa shape index (κ2) is 43.5.